The second kappa shape index (κ2) is 3.45. The summed E-state index contributed by atoms with van der Waals surface area (Å²) < 4.78 is 0. The Morgan fingerprint density at radius 2 is 2.64 bits per heavy atom. The molecule has 1 rings (SSSR count). The number of nitrogens with two attached hydrogens (primary N) is 1. The van der Waals surface area contributed by atoms with Crippen LogP contribution < -0.4 is 11.1 Å². The molecule has 11 heavy (non-hydrogen) atoms. The lowest BCUT2D eigenvalue weighted by molar-refractivity contribution is -0.117. The number of nitrogens with zero attached hydrogens (tertiary/aromatic N) is 1. The fraction of sp³-hybridized carbons (Fsp3) is 0.333. The molecule has 0 aromatic carbocycles. The van der Waals surface area contributed by atoms with E-state index >= 15 is 0 Å². The van der Waals surface area contributed by atoms with Gasteiger partial charge in [-0.25, -0.2) is 4.98 Å². The van der Waals surface area contributed by atoms with Crippen molar-refractivity contribution in [1.29, 1.82) is 0 Å². The first-order valence-corrected chi connectivity index (χ1v) is 4.04. The van der Waals surface area contributed by atoms with Crippen molar-refractivity contribution in [3.63, 3.8) is 0 Å². The Labute approximate surface area is 68.4 Å². The van der Waals surface area contributed by atoms with Gasteiger partial charge in [-0.2, -0.15) is 0 Å². The molecule has 4 nitrogen and oxygen atoms in total. The molecule has 0 aliphatic rings. The standard InChI is InChI=1S/C6H9N3OS/c1-4(7)5(10)9-6-8-2-3-11-6/h2-4H,7H2,1H3,(H,8,9,10). The van der Waals surface area contributed by atoms with Crippen LogP contribution >= 0.6 is 11.3 Å². The van der Waals surface area contributed by atoms with Gasteiger partial charge in [0, 0.05) is 11.6 Å². The quantitative estimate of drug-likeness (QED) is 0.678. The van der Waals surface area contributed by atoms with E-state index in [1.54, 1.807) is 18.5 Å². The molecule has 0 saturated carbocycles. The van der Waals surface area contributed by atoms with E-state index in [2.05, 4.69) is 10.3 Å². The van der Waals surface area contributed by atoms with Crippen molar-refractivity contribution in [2.24, 2.45) is 5.73 Å². The van der Waals surface area contributed by atoms with E-state index in [0.717, 1.165) is 0 Å². The second-order valence-corrected chi connectivity index (χ2v) is 3.01. The van der Waals surface area contributed by atoms with Crippen molar-refractivity contribution >= 4 is 22.4 Å². The van der Waals surface area contributed by atoms with Crippen LogP contribution in [0.3, 0.4) is 0 Å². The SMILES string of the molecule is CC(N)C(=O)Nc1nccs1. The molecule has 1 aromatic rings. The minimum absolute atomic E-state index is 0.208. The highest BCUT2D eigenvalue weighted by Crippen LogP contribution is 2.09. The topological polar surface area (TPSA) is 68.0 Å². The van der Waals surface area contributed by atoms with Gasteiger partial charge < -0.3 is 11.1 Å². The maximum atomic E-state index is 10.9. The van der Waals surface area contributed by atoms with Gasteiger partial charge in [0.05, 0.1) is 6.04 Å². The average Bonchev–Trinajstić information content (AvgIpc) is 2.39. The number of carbonyl (C=O) groups excluding carboxylic acids is 1. The highest BCUT2D eigenvalue weighted by molar-refractivity contribution is 7.13. The molecular weight excluding hydrogens is 162 g/mol. The van der Waals surface area contributed by atoms with E-state index in [-0.39, 0.29) is 5.91 Å². The van der Waals surface area contributed by atoms with Crippen molar-refractivity contribution < 1.29 is 4.79 Å². The molecule has 0 bridgehead atoms. The van der Waals surface area contributed by atoms with Crippen LogP contribution in [0.5, 0.6) is 0 Å². The van der Waals surface area contributed by atoms with Crippen LogP contribution in [0.25, 0.3) is 0 Å². The van der Waals surface area contributed by atoms with E-state index in [1.165, 1.54) is 11.3 Å². The van der Waals surface area contributed by atoms with Gasteiger partial charge in [-0.15, -0.1) is 11.3 Å². The number of hydrogen-bond acceptors (Lipinski definition) is 4. The van der Waals surface area contributed by atoms with Crippen LogP contribution in [-0.4, -0.2) is 16.9 Å². The Morgan fingerprint density at radius 1 is 1.91 bits per heavy atom. The molecule has 60 valence electrons. The predicted octanol–water partition coefficient (Wildman–Crippen LogP) is 0.429. The van der Waals surface area contributed by atoms with Crippen molar-refractivity contribution in [1.82, 2.24) is 4.98 Å². The van der Waals surface area contributed by atoms with Gasteiger partial charge in [0.2, 0.25) is 5.91 Å². The Bertz CT molecular complexity index is 232. The van der Waals surface area contributed by atoms with Crippen LogP contribution in [0.4, 0.5) is 5.13 Å². The number of rotatable bonds is 2. The summed E-state index contributed by atoms with van der Waals surface area (Å²) >= 11 is 1.37. The number of thiazole rings is 1. The Balaban J connectivity index is 2.50. The van der Waals surface area contributed by atoms with E-state index in [0.29, 0.717) is 5.13 Å². The number of carbonyl (C=O) groups is 1. The van der Waals surface area contributed by atoms with E-state index in [4.69, 9.17) is 5.73 Å². The lowest BCUT2D eigenvalue weighted by Crippen LogP contribution is -2.32. The second-order valence-electron chi connectivity index (χ2n) is 2.12. The van der Waals surface area contributed by atoms with E-state index < -0.39 is 6.04 Å². The monoisotopic (exact) mass is 171 g/mol. The summed E-state index contributed by atoms with van der Waals surface area (Å²) in [4.78, 5) is 14.8. The van der Waals surface area contributed by atoms with E-state index in [9.17, 15) is 4.79 Å². The maximum absolute atomic E-state index is 10.9. The summed E-state index contributed by atoms with van der Waals surface area (Å²) in [7, 11) is 0. The lowest BCUT2D eigenvalue weighted by atomic mass is 10.3. The molecule has 1 aromatic heterocycles. The molecule has 0 spiro atoms. The predicted molar refractivity (Wildman–Crippen MR) is 44.4 cm³/mol. The summed E-state index contributed by atoms with van der Waals surface area (Å²) in [5.41, 5.74) is 5.32. The van der Waals surface area contributed by atoms with Gasteiger partial charge in [0.25, 0.3) is 0 Å². The van der Waals surface area contributed by atoms with Gasteiger partial charge in [-0.1, -0.05) is 0 Å². The smallest absolute Gasteiger partial charge is 0.242 e. The number of nitrogens with one attached hydrogen (secondary N) is 1. The third-order valence-electron chi connectivity index (χ3n) is 1.08. The molecule has 0 fully saturated rings. The van der Waals surface area contributed by atoms with E-state index in [1.807, 2.05) is 0 Å². The van der Waals surface area contributed by atoms with Crippen LogP contribution in [0.15, 0.2) is 11.6 Å². The van der Waals surface area contributed by atoms with Crippen molar-refractivity contribution in [2.75, 3.05) is 5.32 Å². The lowest BCUT2D eigenvalue weighted by Gasteiger charge is -2.02. The fourth-order valence-electron chi connectivity index (χ4n) is 0.504. The van der Waals surface area contributed by atoms with Crippen LogP contribution in [0.2, 0.25) is 0 Å². The largest absolute Gasteiger partial charge is 0.320 e. The maximum Gasteiger partial charge on any atom is 0.242 e. The highest BCUT2D eigenvalue weighted by Gasteiger charge is 2.07. The fourth-order valence-corrected chi connectivity index (χ4v) is 1.04. The molecule has 0 radical (unpaired) electrons. The van der Waals surface area contributed by atoms with Crippen LogP contribution in [0, 0.1) is 0 Å². The molecule has 0 aliphatic heterocycles. The highest BCUT2D eigenvalue weighted by atomic mass is 32.1. The van der Waals surface area contributed by atoms with Gasteiger partial charge in [0.1, 0.15) is 0 Å². The summed E-state index contributed by atoms with van der Waals surface area (Å²) in [5.74, 6) is -0.208. The summed E-state index contributed by atoms with van der Waals surface area (Å²) in [6.45, 7) is 1.63. The third kappa shape index (κ3) is 2.28. The molecule has 3 N–H and O–H groups in total. The summed E-state index contributed by atoms with van der Waals surface area (Å²) in [6, 6.07) is -0.487. The molecular formula is C6H9N3OS. The molecule has 1 unspecified atom stereocenters. The molecule has 5 heteroatoms. The zero-order chi connectivity index (χ0) is 8.27. The Hall–Kier alpha value is -0.940. The average molecular weight is 171 g/mol. The molecule has 0 saturated heterocycles. The summed E-state index contributed by atoms with van der Waals surface area (Å²) in [6.07, 6.45) is 1.63. The number of aromatic nitrogens is 1. The van der Waals surface area contributed by atoms with Gasteiger partial charge in [0.15, 0.2) is 5.13 Å². The van der Waals surface area contributed by atoms with Crippen molar-refractivity contribution in [3.8, 4) is 0 Å². The first-order chi connectivity index (χ1) is 5.20. The van der Waals surface area contributed by atoms with Gasteiger partial charge in [-0.05, 0) is 6.92 Å². The molecule has 1 amide bonds. The Kier molecular flexibility index (Phi) is 2.56. The third-order valence-corrected chi connectivity index (χ3v) is 1.76. The van der Waals surface area contributed by atoms with Crippen molar-refractivity contribution in [2.45, 2.75) is 13.0 Å². The number of hydrogen-bond donors (Lipinski definition) is 2. The Morgan fingerprint density at radius 3 is 3.09 bits per heavy atom. The molecule has 0 aliphatic carbocycles. The number of anilines is 1. The first-order valence-electron chi connectivity index (χ1n) is 3.16. The van der Waals surface area contributed by atoms with Gasteiger partial charge in [-0.3, -0.25) is 4.79 Å². The van der Waals surface area contributed by atoms with Crippen LogP contribution in [-0.2, 0) is 4.79 Å². The normalized spacial score (nSPS) is 12.5. The minimum Gasteiger partial charge on any atom is -0.320 e. The molecule has 1 heterocycles. The zero-order valence-corrected chi connectivity index (χ0v) is 6.89. The molecule has 1 atom stereocenters. The van der Waals surface area contributed by atoms with Crippen LogP contribution in [0.1, 0.15) is 6.92 Å². The summed E-state index contributed by atoms with van der Waals surface area (Å²) in [5, 5.41) is 4.94. The number of amides is 1. The van der Waals surface area contributed by atoms with Gasteiger partial charge >= 0.3 is 0 Å². The first kappa shape index (κ1) is 8.16. The minimum atomic E-state index is -0.487. The zero-order valence-electron chi connectivity index (χ0n) is 6.07. The van der Waals surface area contributed by atoms with Crippen molar-refractivity contribution in [3.05, 3.63) is 11.6 Å².